The summed E-state index contributed by atoms with van der Waals surface area (Å²) in [6.07, 6.45) is 6.01. The molecule has 5 rings (SSSR count). The Kier molecular flexibility index (Phi) is 14.6. The Hall–Kier alpha value is -2.63. The number of benzene rings is 3. The molecule has 0 bridgehead atoms. The fourth-order valence-corrected chi connectivity index (χ4v) is 9.78. The number of hydrogen-bond donors (Lipinski definition) is 1. The smallest absolute Gasteiger partial charge is 0.162 e. The second-order valence-corrected chi connectivity index (χ2v) is 21.1. The standard InChI is InChI=1S/C30H32NSSi.C13H24O2.Ir/c1-18(2)12-23-17-25-28-20(4)13-19(3)14-26(28)31-29(30(25)32-23)22-15-21-10-8-9-11-24(21)27(16-22)33(5,6)7;1-5-10(6-2)12(14)9-13(15)11(7-3)8-4;/h8-11,13-14,16-18H,12H2,1-7H3;9-11,14H,5-8H2,1-4H3;/q-1;;/b;12-9-;. The predicted molar refractivity (Wildman–Crippen MR) is 214 cm³/mol. The van der Waals surface area contributed by atoms with Crippen LogP contribution in [0.1, 0.15) is 83.2 Å². The quantitative estimate of drug-likeness (QED) is 0.0623. The van der Waals surface area contributed by atoms with Gasteiger partial charge in [0.25, 0.3) is 0 Å². The van der Waals surface area contributed by atoms with E-state index in [1.807, 2.05) is 39.0 Å². The first-order valence-corrected chi connectivity index (χ1v) is 22.3. The molecule has 3 aromatic carbocycles. The van der Waals surface area contributed by atoms with Crippen LogP contribution in [0, 0.1) is 37.7 Å². The number of rotatable bonds is 11. The molecule has 6 heteroatoms. The van der Waals surface area contributed by atoms with E-state index in [9.17, 15) is 9.90 Å². The average Bonchev–Trinajstić information content (AvgIpc) is 3.43. The maximum Gasteiger partial charge on any atom is 0.162 e. The van der Waals surface area contributed by atoms with Gasteiger partial charge in [0.1, 0.15) is 0 Å². The summed E-state index contributed by atoms with van der Waals surface area (Å²) in [6.45, 7) is 24.4. The van der Waals surface area contributed by atoms with Gasteiger partial charge in [0, 0.05) is 58.7 Å². The zero-order valence-corrected chi connectivity index (χ0v) is 35.7. The topological polar surface area (TPSA) is 50.2 Å². The van der Waals surface area contributed by atoms with Crippen molar-refractivity contribution in [2.75, 3.05) is 0 Å². The number of fused-ring (bicyclic) bond motifs is 4. The molecule has 5 aromatic rings. The van der Waals surface area contributed by atoms with Crippen LogP contribution in [0.15, 0.2) is 60.4 Å². The molecule has 0 unspecified atom stereocenters. The SMILES string of the molecule is CCC(CC)C(=O)/C=C(\O)C(CC)CC.Cc1cc(C)c2c(c1)nc(-c1[c-]c3ccccc3c([Si](C)(C)C)c1)c1sc(CC(C)C)cc12.[Ir]. The van der Waals surface area contributed by atoms with Gasteiger partial charge in [0.2, 0.25) is 0 Å². The molecular formula is C43H56IrNO2SSi-. The number of ketones is 1. The minimum atomic E-state index is -1.56. The van der Waals surface area contributed by atoms with Crippen molar-refractivity contribution in [2.45, 2.75) is 107 Å². The van der Waals surface area contributed by atoms with Crippen molar-refractivity contribution in [3.8, 4) is 11.3 Å². The summed E-state index contributed by atoms with van der Waals surface area (Å²) < 4.78 is 1.30. The van der Waals surface area contributed by atoms with Gasteiger partial charge in [-0.15, -0.1) is 40.1 Å². The van der Waals surface area contributed by atoms with Crippen LogP contribution >= 0.6 is 11.3 Å². The number of carbonyl (C=O) groups is 1. The fourth-order valence-electron chi connectivity index (χ4n) is 6.80. The summed E-state index contributed by atoms with van der Waals surface area (Å²) in [5, 5.41) is 16.4. The Morgan fingerprint density at radius 3 is 2.14 bits per heavy atom. The largest absolute Gasteiger partial charge is 0.512 e. The molecule has 2 aromatic heterocycles. The second kappa shape index (κ2) is 17.5. The summed E-state index contributed by atoms with van der Waals surface area (Å²) in [7, 11) is -1.56. The first kappa shape index (κ1) is 40.8. The van der Waals surface area contributed by atoms with E-state index >= 15 is 0 Å². The van der Waals surface area contributed by atoms with Crippen molar-refractivity contribution in [3.63, 3.8) is 0 Å². The summed E-state index contributed by atoms with van der Waals surface area (Å²) in [5.74, 6) is 1.18. The Morgan fingerprint density at radius 2 is 1.55 bits per heavy atom. The Balaban J connectivity index is 0.000000347. The normalized spacial score (nSPS) is 12.2. The third-order valence-electron chi connectivity index (χ3n) is 9.49. The first-order chi connectivity index (χ1) is 22.7. The molecule has 2 heterocycles. The van der Waals surface area contributed by atoms with Crippen LogP contribution in [0.3, 0.4) is 0 Å². The molecule has 0 amide bonds. The van der Waals surface area contributed by atoms with Gasteiger partial charge < -0.3 is 5.11 Å². The van der Waals surface area contributed by atoms with E-state index in [2.05, 4.69) is 102 Å². The molecule has 0 fully saturated rings. The van der Waals surface area contributed by atoms with Crippen LogP contribution in [0.2, 0.25) is 19.6 Å². The van der Waals surface area contributed by atoms with Crippen molar-refractivity contribution >= 4 is 62.1 Å². The maximum atomic E-state index is 11.7. The number of pyridine rings is 1. The number of carbonyl (C=O) groups excluding carboxylic acids is 1. The van der Waals surface area contributed by atoms with Crippen LogP contribution in [0.25, 0.3) is 43.0 Å². The Labute approximate surface area is 314 Å². The van der Waals surface area contributed by atoms with Crippen LogP contribution in [-0.4, -0.2) is 23.9 Å². The molecule has 0 aliphatic heterocycles. The number of aliphatic hydroxyl groups excluding tert-OH is 1. The molecule has 0 atom stereocenters. The average molecular weight is 871 g/mol. The van der Waals surface area contributed by atoms with Crippen molar-refractivity contribution in [2.24, 2.45) is 17.8 Å². The van der Waals surface area contributed by atoms with Gasteiger partial charge in [-0.05, 0) is 80.5 Å². The molecule has 3 nitrogen and oxygen atoms in total. The number of thiophene rings is 1. The molecule has 0 saturated carbocycles. The van der Waals surface area contributed by atoms with Crippen molar-refractivity contribution < 1.29 is 30.0 Å². The zero-order chi connectivity index (χ0) is 35.3. The minimum Gasteiger partial charge on any atom is -0.512 e. The van der Waals surface area contributed by atoms with Crippen molar-refractivity contribution in [1.82, 2.24) is 4.98 Å². The molecular weight excluding hydrogens is 815 g/mol. The summed E-state index contributed by atoms with van der Waals surface area (Å²) in [5.41, 5.74) is 5.90. The molecule has 0 saturated heterocycles. The van der Waals surface area contributed by atoms with Gasteiger partial charge >= 0.3 is 0 Å². The molecule has 0 spiro atoms. The number of aryl methyl sites for hydroxylation is 2. The molecule has 1 N–H and O–H groups in total. The van der Waals surface area contributed by atoms with E-state index in [0.29, 0.717) is 5.92 Å². The van der Waals surface area contributed by atoms with Crippen molar-refractivity contribution in [3.05, 3.63) is 82.4 Å². The summed E-state index contributed by atoms with van der Waals surface area (Å²) >= 11 is 1.92. The summed E-state index contributed by atoms with van der Waals surface area (Å²) in [4.78, 5) is 18.5. The van der Waals surface area contributed by atoms with E-state index in [-0.39, 0.29) is 43.5 Å². The van der Waals surface area contributed by atoms with E-state index in [4.69, 9.17) is 4.98 Å². The molecule has 0 aliphatic carbocycles. The summed E-state index contributed by atoms with van der Waals surface area (Å²) in [6, 6.07) is 21.8. The molecule has 0 aliphatic rings. The molecule has 49 heavy (non-hydrogen) atoms. The van der Waals surface area contributed by atoms with Crippen LogP contribution in [0.5, 0.6) is 0 Å². The van der Waals surface area contributed by atoms with Gasteiger partial charge in [-0.25, -0.2) is 0 Å². The molecule has 1 radical (unpaired) electrons. The molecule has 265 valence electrons. The van der Waals surface area contributed by atoms with Gasteiger partial charge in [-0.2, -0.15) is 0 Å². The van der Waals surface area contributed by atoms with Gasteiger partial charge in [-0.1, -0.05) is 96.4 Å². The monoisotopic (exact) mass is 871 g/mol. The predicted octanol–water partition coefficient (Wildman–Crippen LogP) is 12.3. The van der Waals surface area contributed by atoms with Crippen LogP contribution < -0.4 is 5.19 Å². The number of aliphatic hydroxyl groups is 1. The Morgan fingerprint density at radius 1 is 0.918 bits per heavy atom. The minimum absolute atomic E-state index is 0. The second-order valence-electron chi connectivity index (χ2n) is 14.9. The van der Waals surface area contributed by atoms with E-state index in [0.717, 1.165) is 48.9 Å². The van der Waals surface area contributed by atoms with Gasteiger partial charge in [-0.3, -0.25) is 9.78 Å². The number of hydrogen-bond acceptors (Lipinski definition) is 4. The van der Waals surface area contributed by atoms with Gasteiger partial charge in [0.05, 0.1) is 19.3 Å². The van der Waals surface area contributed by atoms with Crippen molar-refractivity contribution in [1.29, 1.82) is 0 Å². The van der Waals surface area contributed by atoms with Gasteiger partial charge in [0.15, 0.2) is 5.78 Å². The fraction of sp³-hybridized carbons (Fsp3) is 0.442. The Bertz CT molecular complexity index is 1930. The number of aromatic nitrogens is 1. The third kappa shape index (κ3) is 9.58. The van der Waals surface area contributed by atoms with Crippen LogP contribution in [0.4, 0.5) is 0 Å². The van der Waals surface area contributed by atoms with Crippen LogP contribution in [-0.2, 0) is 31.3 Å². The number of nitrogens with zero attached hydrogens (tertiary/aromatic N) is 1. The first-order valence-electron chi connectivity index (χ1n) is 18.0. The van der Waals surface area contributed by atoms with E-state index < -0.39 is 8.07 Å². The van der Waals surface area contributed by atoms with E-state index in [1.165, 1.54) is 53.5 Å². The van der Waals surface area contributed by atoms with E-state index in [1.54, 1.807) is 0 Å². The third-order valence-corrected chi connectivity index (χ3v) is 12.7. The number of allylic oxidation sites excluding steroid dienone is 2. The zero-order valence-electron chi connectivity index (χ0n) is 31.5. The maximum absolute atomic E-state index is 11.7.